The van der Waals surface area contributed by atoms with Gasteiger partial charge in [0.05, 0.1) is 0 Å². The lowest BCUT2D eigenvalue weighted by Crippen LogP contribution is -2.50. The van der Waals surface area contributed by atoms with Crippen molar-refractivity contribution in [3.05, 3.63) is 0 Å². The maximum absolute atomic E-state index is 12.2. The number of ketones is 1. The molecule has 1 heterocycles. The SMILES string of the molecule is O=C1CC(=O)OC(CCNC(=O)C(F)(F)F)(C2CCCC2)C1. The van der Waals surface area contributed by atoms with Gasteiger partial charge in [-0.3, -0.25) is 14.4 Å². The molecule has 1 aliphatic heterocycles. The molecule has 1 saturated carbocycles. The summed E-state index contributed by atoms with van der Waals surface area (Å²) in [6.45, 7) is -0.282. The van der Waals surface area contributed by atoms with Gasteiger partial charge < -0.3 is 10.1 Å². The van der Waals surface area contributed by atoms with Crippen LogP contribution in [0.5, 0.6) is 0 Å². The predicted molar refractivity (Wildman–Crippen MR) is 68.7 cm³/mol. The second-order valence-electron chi connectivity index (χ2n) is 5.92. The second-order valence-corrected chi connectivity index (χ2v) is 5.92. The summed E-state index contributed by atoms with van der Waals surface area (Å²) in [6, 6.07) is 0. The molecule has 124 valence electrons. The highest BCUT2D eigenvalue weighted by Crippen LogP contribution is 2.43. The topological polar surface area (TPSA) is 72.5 Å². The molecule has 1 aliphatic carbocycles. The molecule has 5 nitrogen and oxygen atoms in total. The van der Waals surface area contributed by atoms with E-state index < -0.39 is 23.7 Å². The fourth-order valence-corrected chi connectivity index (χ4v) is 3.37. The van der Waals surface area contributed by atoms with E-state index in [1.807, 2.05) is 0 Å². The lowest BCUT2D eigenvalue weighted by Gasteiger charge is -2.41. The molecule has 0 aromatic heterocycles. The van der Waals surface area contributed by atoms with Gasteiger partial charge in [0.15, 0.2) is 0 Å². The number of amides is 1. The Hall–Kier alpha value is -1.60. The van der Waals surface area contributed by atoms with Crippen LogP contribution in [-0.4, -0.2) is 36.0 Å². The zero-order valence-corrected chi connectivity index (χ0v) is 12.0. The van der Waals surface area contributed by atoms with Gasteiger partial charge in [-0.2, -0.15) is 13.2 Å². The van der Waals surface area contributed by atoms with Gasteiger partial charge in [-0.1, -0.05) is 12.8 Å². The van der Waals surface area contributed by atoms with Crippen molar-refractivity contribution in [3.63, 3.8) is 0 Å². The van der Waals surface area contributed by atoms with Crippen molar-refractivity contribution in [1.29, 1.82) is 0 Å². The molecule has 0 bridgehead atoms. The molecule has 8 heteroatoms. The average molecular weight is 321 g/mol. The van der Waals surface area contributed by atoms with E-state index in [0.717, 1.165) is 25.7 Å². The van der Waals surface area contributed by atoms with Gasteiger partial charge >= 0.3 is 18.1 Å². The van der Waals surface area contributed by atoms with Crippen molar-refractivity contribution >= 4 is 17.7 Å². The van der Waals surface area contributed by atoms with E-state index in [1.54, 1.807) is 5.32 Å². The third kappa shape index (κ3) is 3.78. The number of ether oxygens (including phenoxy) is 1. The third-order valence-electron chi connectivity index (χ3n) is 4.35. The summed E-state index contributed by atoms with van der Waals surface area (Å²) in [5, 5.41) is 1.78. The lowest BCUT2D eigenvalue weighted by atomic mass is 9.77. The summed E-state index contributed by atoms with van der Waals surface area (Å²) in [5.41, 5.74) is -1.07. The second kappa shape index (κ2) is 6.26. The Balaban J connectivity index is 2.04. The molecule has 1 unspecified atom stereocenters. The van der Waals surface area contributed by atoms with Crippen molar-refractivity contribution in [2.45, 2.75) is 56.7 Å². The molecule has 22 heavy (non-hydrogen) atoms. The zero-order valence-electron chi connectivity index (χ0n) is 12.0. The number of rotatable bonds is 4. The minimum Gasteiger partial charge on any atom is -0.458 e. The van der Waals surface area contributed by atoms with Gasteiger partial charge in [0.2, 0.25) is 0 Å². The highest BCUT2D eigenvalue weighted by Gasteiger charge is 2.48. The van der Waals surface area contributed by atoms with E-state index in [0.29, 0.717) is 0 Å². The highest BCUT2D eigenvalue weighted by molar-refractivity contribution is 5.98. The van der Waals surface area contributed by atoms with Crippen LogP contribution in [0.2, 0.25) is 0 Å². The summed E-state index contributed by atoms with van der Waals surface area (Å²) in [4.78, 5) is 34.2. The normalized spacial score (nSPS) is 26.9. The van der Waals surface area contributed by atoms with Gasteiger partial charge in [0, 0.05) is 19.4 Å². The van der Waals surface area contributed by atoms with Gasteiger partial charge in [-0.05, 0) is 18.8 Å². The van der Waals surface area contributed by atoms with Gasteiger partial charge in [-0.15, -0.1) is 0 Å². The average Bonchev–Trinajstić information content (AvgIpc) is 2.90. The summed E-state index contributed by atoms with van der Waals surface area (Å²) < 4.78 is 42.0. The van der Waals surface area contributed by atoms with E-state index in [-0.39, 0.29) is 37.5 Å². The molecule has 0 radical (unpaired) electrons. The Labute approximate surface area is 125 Å². The molecule has 1 saturated heterocycles. The number of hydrogen-bond donors (Lipinski definition) is 1. The summed E-state index contributed by atoms with van der Waals surface area (Å²) in [5.74, 6) is -2.96. The molecule has 2 rings (SSSR count). The van der Waals surface area contributed by atoms with Crippen LogP contribution in [0.1, 0.15) is 44.9 Å². The number of carbonyl (C=O) groups excluding carboxylic acids is 3. The molecule has 1 N–H and O–H groups in total. The molecule has 0 spiro atoms. The zero-order chi connectivity index (χ0) is 16.4. The molecule has 2 aliphatic rings. The van der Waals surface area contributed by atoms with Crippen LogP contribution in [0.3, 0.4) is 0 Å². The first-order valence-corrected chi connectivity index (χ1v) is 7.31. The quantitative estimate of drug-likeness (QED) is 0.634. The van der Waals surface area contributed by atoms with Crippen molar-refractivity contribution < 1.29 is 32.3 Å². The maximum Gasteiger partial charge on any atom is 0.471 e. The molecule has 0 aromatic carbocycles. The van der Waals surface area contributed by atoms with E-state index in [1.165, 1.54) is 0 Å². The largest absolute Gasteiger partial charge is 0.471 e. The highest BCUT2D eigenvalue weighted by atomic mass is 19.4. The number of halogens is 3. The van der Waals surface area contributed by atoms with Gasteiger partial charge in [0.25, 0.3) is 0 Å². The minimum atomic E-state index is -4.94. The Morgan fingerprint density at radius 3 is 2.45 bits per heavy atom. The molecule has 1 atom stereocenters. The van der Waals surface area contributed by atoms with Crippen molar-refractivity contribution in [2.75, 3.05) is 6.54 Å². The Morgan fingerprint density at radius 1 is 1.27 bits per heavy atom. The van der Waals surface area contributed by atoms with Crippen molar-refractivity contribution in [3.8, 4) is 0 Å². The van der Waals surface area contributed by atoms with E-state index in [9.17, 15) is 27.6 Å². The number of alkyl halides is 3. The van der Waals surface area contributed by atoms with E-state index in [4.69, 9.17) is 4.74 Å². The predicted octanol–water partition coefficient (Wildman–Crippen LogP) is 1.89. The van der Waals surface area contributed by atoms with Crippen LogP contribution in [0.4, 0.5) is 13.2 Å². The van der Waals surface area contributed by atoms with Gasteiger partial charge in [0.1, 0.15) is 17.8 Å². The number of hydrogen-bond acceptors (Lipinski definition) is 4. The first-order chi connectivity index (χ1) is 10.2. The fraction of sp³-hybridized carbons (Fsp3) is 0.786. The Bertz CT molecular complexity index is 453. The number of Topliss-reactive ketones (excluding diaryl/α,β-unsaturated/α-hetero) is 1. The Morgan fingerprint density at radius 2 is 1.91 bits per heavy atom. The summed E-state index contributed by atoms with van der Waals surface area (Å²) in [6.07, 6.45) is -1.77. The van der Waals surface area contributed by atoms with Gasteiger partial charge in [-0.25, -0.2) is 0 Å². The van der Waals surface area contributed by atoms with Crippen molar-refractivity contribution in [2.24, 2.45) is 5.92 Å². The fourth-order valence-electron chi connectivity index (χ4n) is 3.37. The number of nitrogens with one attached hydrogen (secondary N) is 1. The smallest absolute Gasteiger partial charge is 0.458 e. The number of esters is 1. The van der Waals surface area contributed by atoms with Crippen LogP contribution >= 0.6 is 0 Å². The lowest BCUT2D eigenvalue weighted by molar-refractivity contribution is -0.180. The molecule has 0 aromatic rings. The standard InChI is InChI=1S/C14H18F3NO4/c15-14(16,17)12(21)18-6-5-13(9-3-1-2-4-9)8-10(19)7-11(20)22-13/h9H,1-8H2,(H,18,21). The number of cyclic esters (lactones) is 1. The molecule has 1 amide bonds. The monoisotopic (exact) mass is 321 g/mol. The molecular weight excluding hydrogens is 303 g/mol. The first-order valence-electron chi connectivity index (χ1n) is 7.31. The van der Waals surface area contributed by atoms with Crippen LogP contribution in [-0.2, 0) is 19.1 Å². The summed E-state index contributed by atoms with van der Waals surface area (Å²) in [7, 11) is 0. The van der Waals surface area contributed by atoms with E-state index in [2.05, 4.69) is 0 Å². The maximum atomic E-state index is 12.2. The Kier molecular flexibility index (Phi) is 4.77. The third-order valence-corrected chi connectivity index (χ3v) is 4.35. The van der Waals surface area contributed by atoms with Crippen LogP contribution in [0.25, 0.3) is 0 Å². The van der Waals surface area contributed by atoms with E-state index >= 15 is 0 Å². The first kappa shape index (κ1) is 16.8. The minimum absolute atomic E-state index is 0.0191. The molecular formula is C14H18F3NO4. The summed E-state index contributed by atoms with van der Waals surface area (Å²) >= 11 is 0. The van der Waals surface area contributed by atoms with Crippen LogP contribution < -0.4 is 5.32 Å². The molecule has 2 fully saturated rings. The van der Waals surface area contributed by atoms with Crippen molar-refractivity contribution in [1.82, 2.24) is 5.32 Å². The number of carbonyl (C=O) groups is 3. The van der Waals surface area contributed by atoms with Crippen LogP contribution in [0.15, 0.2) is 0 Å². The van der Waals surface area contributed by atoms with Crippen LogP contribution in [0, 0.1) is 5.92 Å².